The highest BCUT2D eigenvalue weighted by Gasteiger charge is 2.69. The largest absolute Gasteiger partial charge is 0.496 e. The number of para-hydroxylation sites is 1. The van der Waals surface area contributed by atoms with E-state index in [1.54, 1.807) is 43.1 Å². The third-order valence-corrected chi connectivity index (χ3v) is 11.1. The molecule has 9 heteroatoms. The monoisotopic (exact) mass is 524 g/mol. The predicted molar refractivity (Wildman–Crippen MR) is 135 cm³/mol. The van der Waals surface area contributed by atoms with Gasteiger partial charge in [0.2, 0.25) is 11.8 Å². The van der Waals surface area contributed by atoms with Gasteiger partial charge in [0, 0.05) is 26.6 Å². The average Bonchev–Trinajstić information content (AvgIpc) is 3.59. The van der Waals surface area contributed by atoms with E-state index in [2.05, 4.69) is 11.1 Å². The molecule has 1 N–H and O–H groups in total. The van der Waals surface area contributed by atoms with E-state index in [0.717, 1.165) is 27.6 Å². The summed E-state index contributed by atoms with van der Waals surface area (Å²) in [6, 6.07) is 14.8. The number of hydrogen-bond donors (Lipinski definition) is 1. The molecule has 7 rings (SSSR count). The van der Waals surface area contributed by atoms with Gasteiger partial charge in [-0.3, -0.25) is 19.3 Å². The minimum absolute atomic E-state index is 0.0558. The Morgan fingerprint density at radius 2 is 1.71 bits per heavy atom. The molecule has 1 aromatic heterocycles. The maximum absolute atomic E-state index is 13.8. The number of halogens is 1. The van der Waals surface area contributed by atoms with Crippen molar-refractivity contribution in [2.75, 3.05) is 12.0 Å². The fraction of sp³-hybridized carbons (Fsp3) is 0.346. The van der Waals surface area contributed by atoms with Gasteiger partial charge in [0.15, 0.2) is 0 Å². The molecule has 4 aliphatic rings. The van der Waals surface area contributed by atoms with E-state index in [0.29, 0.717) is 10.7 Å². The smallest absolute Gasteiger partial charge is 0.305 e. The zero-order valence-electron chi connectivity index (χ0n) is 18.6. The quantitative estimate of drug-likeness (QED) is 0.499. The molecule has 5 unspecified atom stereocenters. The number of carbonyl (C=O) groups is 2. The number of thioether (sulfide) groups is 1. The third-order valence-electron chi connectivity index (χ3n) is 8.28. The van der Waals surface area contributed by atoms with Crippen LogP contribution in [0.3, 0.4) is 0 Å². The Kier molecular flexibility index (Phi) is 4.79. The average molecular weight is 525 g/mol. The minimum atomic E-state index is -0.334. The molecule has 35 heavy (non-hydrogen) atoms. The van der Waals surface area contributed by atoms with Crippen LogP contribution in [0, 0.1) is 29.6 Å². The van der Waals surface area contributed by atoms with E-state index in [1.165, 1.54) is 16.2 Å². The molecular formula is C26H21ClN2O4S2. The molecule has 2 aliphatic carbocycles. The summed E-state index contributed by atoms with van der Waals surface area (Å²) in [6.07, 6.45) is 0.856. The van der Waals surface area contributed by atoms with Crippen molar-refractivity contribution in [3.05, 3.63) is 73.7 Å². The summed E-state index contributed by atoms with van der Waals surface area (Å²) in [5.74, 6) is 0.159. The van der Waals surface area contributed by atoms with E-state index in [4.69, 9.17) is 16.3 Å². The first-order valence-electron chi connectivity index (χ1n) is 11.6. The number of nitrogens with zero attached hydrogens (tertiary/aromatic N) is 1. The Morgan fingerprint density at radius 3 is 2.46 bits per heavy atom. The zero-order valence-corrected chi connectivity index (χ0v) is 21.0. The number of thiazole rings is 1. The second-order valence-electron chi connectivity index (χ2n) is 9.69. The highest BCUT2D eigenvalue weighted by atomic mass is 35.5. The molecule has 3 heterocycles. The van der Waals surface area contributed by atoms with Gasteiger partial charge in [0.05, 0.1) is 29.7 Å². The van der Waals surface area contributed by atoms with Gasteiger partial charge in [0.1, 0.15) is 5.75 Å². The lowest BCUT2D eigenvalue weighted by molar-refractivity contribution is -0.123. The molecule has 2 amide bonds. The normalized spacial score (nSPS) is 32.5. The van der Waals surface area contributed by atoms with Crippen molar-refractivity contribution in [3.8, 4) is 5.75 Å². The van der Waals surface area contributed by atoms with E-state index in [9.17, 15) is 14.4 Å². The molecule has 2 saturated carbocycles. The standard InChI is InChI=1S/C26H21ClN2O4S2/c1-33-16-5-3-2-4-13(16)17-18-14-10-15(21(18)34-23-22(17)35-26(32)28-23)20-19(14)24(30)29(25(20)31)12-8-6-11(27)7-9-12/h2-9,14-15,17-21H,10H2,1H3,(H,28,32)/t14-,15-,17?,18?,19?,20?,21?/m1/s1. The number of ether oxygens (including phenoxy) is 1. The van der Waals surface area contributed by atoms with E-state index >= 15 is 0 Å². The lowest BCUT2D eigenvalue weighted by Crippen LogP contribution is -2.42. The van der Waals surface area contributed by atoms with Crippen LogP contribution in [0.2, 0.25) is 5.02 Å². The maximum Gasteiger partial charge on any atom is 0.305 e. The summed E-state index contributed by atoms with van der Waals surface area (Å²) < 4.78 is 5.73. The number of aromatic amines is 1. The molecule has 3 aromatic rings. The molecule has 6 nitrogen and oxygen atoms in total. The number of fused-ring (bicyclic) bond motifs is 9. The van der Waals surface area contributed by atoms with Crippen molar-refractivity contribution in [2.24, 2.45) is 29.6 Å². The number of benzene rings is 2. The van der Waals surface area contributed by atoms with Crippen LogP contribution in [-0.4, -0.2) is 29.2 Å². The van der Waals surface area contributed by atoms with Crippen LogP contribution >= 0.6 is 34.7 Å². The molecule has 0 spiro atoms. The second kappa shape index (κ2) is 7.72. The number of rotatable bonds is 3. The van der Waals surface area contributed by atoms with Crippen LogP contribution in [0.4, 0.5) is 5.69 Å². The highest BCUT2D eigenvalue weighted by Crippen LogP contribution is 2.69. The SMILES string of the molecule is COc1ccccc1C1c2sc(=O)[nH]c2SC2C1[C@H]1C[C@@H]2C2C(=O)N(c3ccc(Cl)cc3)C(=O)C21. The number of H-pyrrole nitrogens is 1. The Bertz CT molecular complexity index is 1430. The van der Waals surface area contributed by atoms with Crippen LogP contribution < -0.4 is 14.5 Å². The van der Waals surface area contributed by atoms with Gasteiger partial charge in [-0.1, -0.05) is 41.1 Å². The Labute approximate surface area is 214 Å². The molecule has 2 aliphatic heterocycles. The topological polar surface area (TPSA) is 79.5 Å². The molecule has 178 valence electrons. The van der Waals surface area contributed by atoms with Crippen LogP contribution in [-0.2, 0) is 9.59 Å². The van der Waals surface area contributed by atoms with Crippen LogP contribution in [0.15, 0.2) is 58.4 Å². The van der Waals surface area contributed by atoms with E-state index < -0.39 is 0 Å². The number of nitrogens with one attached hydrogen (secondary N) is 1. The van der Waals surface area contributed by atoms with Crippen LogP contribution in [0.1, 0.15) is 22.8 Å². The van der Waals surface area contributed by atoms with Gasteiger partial charge in [-0.25, -0.2) is 0 Å². The second-order valence-corrected chi connectivity index (χ2v) is 12.3. The lowest BCUT2D eigenvalue weighted by Gasteiger charge is -2.43. The molecule has 1 saturated heterocycles. The molecule has 2 bridgehead atoms. The maximum atomic E-state index is 13.8. The summed E-state index contributed by atoms with van der Waals surface area (Å²) in [6.45, 7) is 0. The Balaban J connectivity index is 1.34. The number of methoxy groups -OCH3 is 1. The van der Waals surface area contributed by atoms with Gasteiger partial charge in [-0.15, -0.1) is 11.8 Å². The minimum Gasteiger partial charge on any atom is -0.496 e. The van der Waals surface area contributed by atoms with Gasteiger partial charge in [-0.2, -0.15) is 0 Å². The number of anilines is 1. The molecule has 7 atom stereocenters. The first-order chi connectivity index (χ1) is 17.0. The van der Waals surface area contributed by atoms with Crippen molar-refractivity contribution >= 4 is 52.2 Å². The summed E-state index contributed by atoms with van der Waals surface area (Å²) in [7, 11) is 1.66. The summed E-state index contributed by atoms with van der Waals surface area (Å²) >= 11 is 8.98. The fourth-order valence-corrected chi connectivity index (χ4v) is 10.1. The van der Waals surface area contributed by atoms with Crippen molar-refractivity contribution in [2.45, 2.75) is 22.6 Å². The summed E-state index contributed by atoms with van der Waals surface area (Å²) in [5.41, 5.74) is 1.62. The number of imide groups is 1. The Hall–Kier alpha value is -2.55. The van der Waals surface area contributed by atoms with Crippen LogP contribution in [0.25, 0.3) is 0 Å². The van der Waals surface area contributed by atoms with Crippen molar-refractivity contribution < 1.29 is 14.3 Å². The molecular weight excluding hydrogens is 504 g/mol. The molecule has 2 aromatic carbocycles. The molecule has 0 radical (unpaired) electrons. The van der Waals surface area contributed by atoms with Gasteiger partial charge in [-0.05, 0) is 54.5 Å². The number of aromatic nitrogens is 1. The van der Waals surface area contributed by atoms with Crippen molar-refractivity contribution in [1.82, 2.24) is 4.98 Å². The lowest BCUT2D eigenvalue weighted by atomic mass is 9.68. The van der Waals surface area contributed by atoms with E-state index in [-0.39, 0.29) is 57.4 Å². The van der Waals surface area contributed by atoms with Gasteiger partial charge >= 0.3 is 4.87 Å². The zero-order chi connectivity index (χ0) is 24.0. The van der Waals surface area contributed by atoms with Gasteiger partial charge in [0.25, 0.3) is 0 Å². The Morgan fingerprint density at radius 1 is 1.00 bits per heavy atom. The first kappa shape index (κ1) is 21.7. The number of amides is 2. The van der Waals surface area contributed by atoms with Crippen LogP contribution in [0.5, 0.6) is 5.75 Å². The number of hydrogen-bond acceptors (Lipinski definition) is 6. The summed E-state index contributed by atoms with van der Waals surface area (Å²) in [4.78, 5) is 45.1. The highest BCUT2D eigenvalue weighted by molar-refractivity contribution is 8.00. The fourth-order valence-electron chi connectivity index (χ4n) is 7.13. The van der Waals surface area contributed by atoms with E-state index in [1.807, 2.05) is 18.2 Å². The van der Waals surface area contributed by atoms with Gasteiger partial charge < -0.3 is 9.72 Å². The predicted octanol–water partition coefficient (Wildman–Crippen LogP) is 4.78. The first-order valence-corrected chi connectivity index (χ1v) is 13.7. The summed E-state index contributed by atoms with van der Waals surface area (Å²) in [5, 5.41) is 1.61. The third kappa shape index (κ3) is 2.93. The van der Waals surface area contributed by atoms with Crippen molar-refractivity contribution in [1.29, 1.82) is 0 Å². The number of carbonyl (C=O) groups excluding carboxylic acids is 2. The van der Waals surface area contributed by atoms with Crippen molar-refractivity contribution in [3.63, 3.8) is 0 Å². The molecule has 3 fully saturated rings.